The summed E-state index contributed by atoms with van der Waals surface area (Å²) in [7, 11) is 0. The van der Waals surface area contributed by atoms with E-state index in [1.165, 1.54) is 6.92 Å². The van der Waals surface area contributed by atoms with Crippen molar-refractivity contribution in [3.8, 4) is 0 Å². The van der Waals surface area contributed by atoms with Gasteiger partial charge in [0, 0.05) is 36.4 Å². The fourth-order valence-corrected chi connectivity index (χ4v) is 7.81. The molecule has 0 spiro atoms. The van der Waals surface area contributed by atoms with Gasteiger partial charge in [0.05, 0.1) is 6.42 Å². The van der Waals surface area contributed by atoms with Gasteiger partial charge in [0.25, 0.3) is 0 Å². The van der Waals surface area contributed by atoms with Crippen LogP contribution in [0.2, 0.25) is 0 Å². The van der Waals surface area contributed by atoms with E-state index in [4.69, 9.17) is 5.73 Å². The molecule has 4 aromatic rings. The first kappa shape index (κ1) is 52.5. The Morgan fingerprint density at radius 3 is 1.60 bits per heavy atom. The summed E-state index contributed by atoms with van der Waals surface area (Å²) in [4.78, 5) is 111. The number of aliphatic carboxylic acids is 2. The number of hydrogen-bond donors (Lipinski definition) is 10. The van der Waals surface area contributed by atoms with E-state index in [2.05, 4.69) is 36.9 Å². The molecule has 18 nitrogen and oxygen atoms in total. The van der Waals surface area contributed by atoms with Crippen LogP contribution in [0.25, 0.3) is 10.9 Å². The number of carbonyl (C=O) groups is 8. The predicted octanol–water partition coefficient (Wildman–Crippen LogP) is 2.86. The van der Waals surface area contributed by atoms with Gasteiger partial charge in [0.2, 0.25) is 35.4 Å². The SMILES string of the molecule is CC[C@H](C)[C@H](NC(=O)[C@H](CC(=O)O)NC(=O)[C@H](CCCN)NC(=O)[C@H](NC(C)=O)C(c1ccccc1)c1ccccc1)C(=O)N[C@H](C(=O)N[C@@H](Cc1c[nH]c2ccccc12)C(=O)O)[C@@H](C)CC. The number of benzene rings is 3. The Kier molecular flexibility index (Phi) is 20.1. The molecule has 0 bridgehead atoms. The number of rotatable bonds is 26. The smallest absolute Gasteiger partial charge is 0.326 e. The van der Waals surface area contributed by atoms with Crippen LogP contribution in [0.15, 0.2) is 91.1 Å². The number of carboxylic acid groups (broad SMARTS) is 2. The molecule has 0 aliphatic carbocycles. The number of nitrogens with two attached hydrogens (primary N) is 1. The zero-order valence-electron chi connectivity index (χ0n) is 38.5. The fraction of sp³-hybridized carbons (Fsp3) is 0.429. The molecule has 0 aliphatic heterocycles. The number of amides is 6. The van der Waals surface area contributed by atoms with E-state index < -0.39 is 108 Å². The first-order valence-electron chi connectivity index (χ1n) is 22.6. The normalized spacial score (nSPS) is 14.8. The number of nitrogens with one attached hydrogen (secondary N) is 7. The minimum atomic E-state index is -1.75. The van der Waals surface area contributed by atoms with Gasteiger partial charge in [-0.3, -0.25) is 33.6 Å². The maximum atomic E-state index is 14.3. The van der Waals surface area contributed by atoms with Gasteiger partial charge in [-0.05, 0) is 54.0 Å². The van der Waals surface area contributed by atoms with Crippen LogP contribution in [0.5, 0.6) is 0 Å². The Morgan fingerprint density at radius 1 is 0.597 bits per heavy atom. The summed E-state index contributed by atoms with van der Waals surface area (Å²) in [6.07, 6.45) is 1.67. The molecule has 4 rings (SSSR count). The topological polar surface area (TPSA) is 291 Å². The molecule has 0 saturated carbocycles. The third kappa shape index (κ3) is 15.0. The second-order valence-corrected chi connectivity index (χ2v) is 16.8. The van der Waals surface area contributed by atoms with Gasteiger partial charge >= 0.3 is 11.9 Å². The molecular formula is C49H64N8O10. The standard InChI is InChI=1S/C49H64N8O10/c1-6-28(3)41(46(63)55-38(49(66)67)25-33-27-51-35-22-15-14-21-34(33)35)57-47(64)42(29(4)7-2)56-45(62)37(26-39(59)60)54-44(61)36(23-16-24-50)53-48(65)43(52-30(5)58)40(31-17-10-8-11-18-31)32-19-12-9-13-20-32/h8-15,17-22,27-29,36-38,40-43,51H,6-7,16,23-26,50H2,1-5H3,(H,52,58)(H,53,65)(H,54,61)(H,55,63)(H,56,62)(H,57,64)(H,59,60)(H,66,67)/t28-,29-,36-,37-,38-,41-,42-,43+/m0/s1. The molecule has 8 atom stereocenters. The lowest BCUT2D eigenvalue weighted by Crippen LogP contribution is -2.61. The molecular weight excluding hydrogens is 861 g/mol. The molecule has 0 saturated heterocycles. The summed E-state index contributed by atoms with van der Waals surface area (Å²) < 4.78 is 0. The number of fused-ring (bicyclic) bond motifs is 1. The van der Waals surface area contributed by atoms with Gasteiger partial charge < -0.3 is 52.8 Å². The molecule has 1 heterocycles. The highest BCUT2D eigenvalue weighted by Gasteiger charge is 2.38. The Bertz CT molecular complexity index is 2280. The molecule has 6 amide bonds. The summed E-state index contributed by atoms with van der Waals surface area (Å²) in [5, 5.41) is 36.6. The summed E-state index contributed by atoms with van der Waals surface area (Å²) >= 11 is 0. The second kappa shape index (κ2) is 25.6. The quantitative estimate of drug-likeness (QED) is 0.0437. The van der Waals surface area contributed by atoms with Gasteiger partial charge in [-0.2, -0.15) is 0 Å². The monoisotopic (exact) mass is 924 g/mol. The molecule has 11 N–H and O–H groups in total. The van der Waals surface area contributed by atoms with Crippen LogP contribution in [0.4, 0.5) is 0 Å². The lowest BCUT2D eigenvalue weighted by molar-refractivity contribution is -0.142. The van der Waals surface area contributed by atoms with Crippen molar-refractivity contribution in [1.82, 2.24) is 36.9 Å². The number of aromatic nitrogens is 1. The molecule has 0 unspecified atom stereocenters. The average Bonchev–Trinajstić information content (AvgIpc) is 3.72. The van der Waals surface area contributed by atoms with E-state index in [0.717, 1.165) is 10.9 Å². The van der Waals surface area contributed by atoms with Gasteiger partial charge in [0.1, 0.15) is 36.3 Å². The van der Waals surface area contributed by atoms with Crippen LogP contribution in [0.3, 0.4) is 0 Å². The molecule has 0 fully saturated rings. The van der Waals surface area contributed by atoms with E-state index in [-0.39, 0.29) is 25.8 Å². The van der Waals surface area contributed by atoms with Crippen LogP contribution in [0, 0.1) is 11.8 Å². The fourth-order valence-electron chi connectivity index (χ4n) is 7.81. The zero-order chi connectivity index (χ0) is 49.2. The highest BCUT2D eigenvalue weighted by atomic mass is 16.4. The largest absolute Gasteiger partial charge is 0.481 e. The van der Waals surface area contributed by atoms with Gasteiger partial charge in [-0.15, -0.1) is 0 Å². The molecule has 67 heavy (non-hydrogen) atoms. The molecule has 18 heteroatoms. The Hall–Kier alpha value is -7.08. The lowest BCUT2D eigenvalue weighted by Gasteiger charge is -2.31. The zero-order valence-corrected chi connectivity index (χ0v) is 38.5. The van der Waals surface area contributed by atoms with Crippen LogP contribution in [-0.4, -0.2) is 105 Å². The predicted molar refractivity (Wildman–Crippen MR) is 251 cm³/mol. The first-order chi connectivity index (χ1) is 32.0. The van der Waals surface area contributed by atoms with Gasteiger partial charge in [0.15, 0.2) is 0 Å². The Labute approximate surface area is 390 Å². The summed E-state index contributed by atoms with van der Waals surface area (Å²) in [6, 6.07) is 17.1. The van der Waals surface area contributed by atoms with Crippen molar-refractivity contribution in [2.24, 2.45) is 17.6 Å². The summed E-state index contributed by atoms with van der Waals surface area (Å²) in [6.45, 7) is 8.30. The highest BCUT2D eigenvalue weighted by molar-refractivity contribution is 5.98. The maximum Gasteiger partial charge on any atom is 0.326 e. The van der Waals surface area contributed by atoms with E-state index in [1.807, 2.05) is 60.7 Å². The number of aromatic amines is 1. The van der Waals surface area contributed by atoms with Crippen LogP contribution < -0.4 is 37.6 Å². The number of para-hydroxylation sites is 1. The number of H-pyrrole nitrogens is 1. The summed E-state index contributed by atoms with van der Waals surface area (Å²) in [5.74, 6) is -9.27. The third-order valence-corrected chi connectivity index (χ3v) is 11.9. The van der Waals surface area contributed by atoms with Crippen LogP contribution in [0.1, 0.15) is 89.3 Å². The van der Waals surface area contributed by atoms with Crippen molar-refractivity contribution < 1.29 is 48.6 Å². The molecule has 3 aromatic carbocycles. The van der Waals surface area contributed by atoms with Crippen LogP contribution >= 0.6 is 0 Å². The van der Waals surface area contributed by atoms with E-state index >= 15 is 0 Å². The van der Waals surface area contributed by atoms with E-state index in [0.29, 0.717) is 29.5 Å². The van der Waals surface area contributed by atoms with Crippen LogP contribution in [-0.2, 0) is 44.8 Å². The highest BCUT2D eigenvalue weighted by Crippen LogP contribution is 2.29. The molecule has 360 valence electrons. The first-order valence-corrected chi connectivity index (χ1v) is 22.6. The maximum absolute atomic E-state index is 14.3. The second-order valence-electron chi connectivity index (χ2n) is 16.8. The van der Waals surface area contributed by atoms with Gasteiger partial charge in [-0.25, -0.2) is 4.79 Å². The van der Waals surface area contributed by atoms with Crippen molar-refractivity contribution in [3.05, 3.63) is 108 Å². The number of carboxylic acids is 2. The van der Waals surface area contributed by atoms with Crippen molar-refractivity contribution in [3.63, 3.8) is 0 Å². The number of hydrogen-bond acceptors (Lipinski definition) is 9. The third-order valence-electron chi connectivity index (χ3n) is 11.9. The Balaban J connectivity index is 1.56. The minimum absolute atomic E-state index is 0.0227. The molecule has 0 aliphatic rings. The van der Waals surface area contributed by atoms with Crippen molar-refractivity contribution in [2.75, 3.05) is 6.54 Å². The summed E-state index contributed by atoms with van der Waals surface area (Å²) in [5.41, 5.74) is 8.66. The van der Waals surface area contributed by atoms with Crippen molar-refractivity contribution in [2.45, 2.75) is 115 Å². The molecule has 0 radical (unpaired) electrons. The van der Waals surface area contributed by atoms with E-state index in [9.17, 15) is 48.6 Å². The number of carbonyl (C=O) groups excluding carboxylic acids is 6. The van der Waals surface area contributed by atoms with Crippen molar-refractivity contribution >= 4 is 58.3 Å². The Morgan fingerprint density at radius 2 is 1.07 bits per heavy atom. The molecule has 1 aromatic heterocycles. The average molecular weight is 925 g/mol. The van der Waals surface area contributed by atoms with Crippen molar-refractivity contribution in [1.29, 1.82) is 0 Å². The van der Waals surface area contributed by atoms with E-state index in [1.54, 1.807) is 58.2 Å². The lowest BCUT2D eigenvalue weighted by atomic mass is 9.84. The minimum Gasteiger partial charge on any atom is -0.481 e. The van der Waals surface area contributed by atoms with Gasteiger partial charge in [-0.1, -0.05) is 119 Å².